The van der Waals surface area contributed by atoms with Crippen molar-refractivity contribution < 1.29 is 18.9 Å². The Morgan fingerprint density at radius 3 is 1.29 bits per heavy atom. The van der Waals surface area contributed by atoms with E-state index in [0.29, 0.717) is 10.0 Å². The Morgan fingerprint density at radius 2 is 0.923 bits per heavy atom. The molecule has 0 amide bonds. The third-order valence-corrected chi connectivity index (χ3v) is 14.3. The zero-order chi connectivity index (χ0) is 37.2. The van der Waals surface area contributed by atoms with E-state index in [1.807, 2.05) is 91.0 Å². The van der Waals surface area contributed by atoms with Crippen LogP contribution in [0, 0.1) is 0 Å². The first-order chi connectivity index (χ1) is 24.7. The fourth-order valence-electron chi connectivity index (χ4n) is 6.56. The maximum absolute atomic E-state index is 6.66. The summed E-state index contributed by atoms with van der Waals surface area (Å²) in [4.78, 5) is 0. The molecule has 0 heterocycles. The number of benzene rings is 6. The van der Waals surface area contributed by atoms with Crippen LogP contribution < -0.4 is 0 Å². The molecule has 0 aromatic heterocycles. The van der Waals surface area contributed by atoms with Crippen LogP contribution in [0.5, 0.6) is 0 Å². The second kappa shape index (κ2) is 16.1. The van der Waals surface area contributed by atoms with Crippen LogP contribution in [0.1, 0.15) is 63.8 Å². The predicted octanol–water partition coefficient (Wildman–Crippen LogP) is 15.5. The van der Waals surface area contributed by atoms with Crippen molar-refractivity contribution in [3.8, 4) is 0 Å². The van der Waals surface area contributed by atoms with Gasteiger partial charge in [0.05, 0.1) is 0 Å². The summed E-state index contributed by atoms with van der Waals surface area (Å²) >= 11 is 9.93. The van der Waals surface area contributed by atoms with E-state index >= 15 is 0 Å². The van der Waals surface area contributed by atoms with Gasteiger partial charge in [-0.05, 0) is 10.8 Å². The zero-order valence-corrected chi connectivity index (χ0v) is 35.9. The molecule has 8 aromatic carbocycles. The third-order valence-electron chi connectivity index (χ3n) is 9.38. The Balaban J connectivity index is 0.000000160. The van der Waals surface area contributed by atoms with Crippen molar-refractivity contribution in [2.24, 2.45) is 0 Å². The van der Waals surface area contributed by atoms with Crippen molar-refractivity contribution in [3.05, 3.63) is 178 Å². The van der Waals surface area contributed by atoms with Crippen molar-refractivity contribution >= 4 is 86.5 Å². The van der Waals surface area contributed by atoms with Crippen LogP contribution in [0.3, 0.4) is 0 Å². The van der Waals surface area contributed by atoms with E-state index in [1.54, 1.807) is 0 Å². The van der Waals surface area contributed by atoms with E-state index in [9.17, 15) is 0 Å². The van der Waals surface area contributed by atoms with Crippen molar-refractivity contribution in [2.75, 3.05) is 0 Å². The minimum atomic E-state index is -2.88. The topological polar surface area (TPSA) is 0 Å². The first kappa shape index (κ1) is 38.7. The summed E-state index contributed by atoms with van der Waals surface area (Å²) < 4.78 is 0.994. The number of hydrogen-bond acceptors (Lipinski definition) is 0. The molecule has 0 bridgehead atoms. The van der Waals surface area contributed by atoms with Crippen molar-refractivity contribution in [2.45, 2.75) is 52.4 Å². The first-order valence-corrected chi connectivity index (χ1v) is 25.8. The van der Waals surface area contributed by atoms with Gasteiger partial charge in [-0.15, -0.1) is 39.7 Å². The normalized spacial score (nSPS) is 11.7. The molecular formula is C47H42Cl4Zr-2. The van der Waals surface area contributed by atoms with Crippen LogP contribution in [0.15, 0.2) is 146 Å². The Kier molecular flexibility index (Phi) is 12.0. The van der Waals surface area contributed by atoms with Gasteiger partial charge >= 0.3 is 178 Å². The molecule has 5 heteroatoms. The van der Waals surface area contributed by atoms with Crippen LogP contribution in [0.4, 0.5) is 0 Å². The molecule has 0 saturated carbocycles. The number of rotatable bonds is 2. The number of halogens is 4. The Hall–Kier alpha value is -3.03. The van der Waals surface area contributed by atoms with E-state index in [2.05, 4.69) is 96.1 Å². The molecule has 0 spiro atoms. The van der Waals surface area contributed by atoms with E-state index in [0.717, 1.165) is 35.9 Å². The van der Waals surface area contributed by atoms with Crippen LogP contribution in [-0.4, -0.2) is 3.21 Å². The molecule has 0 radical (unpaired) electrons. The van der Waals surface area contributed by atoms with Crippen molar-refractivity contribution in [1.82, 2.24) is 0 Å². The van der Waals surface area contributed by atoms with E-state index in [4.69, 9.17) is 40.2 Å². The van der Waals surface area contributed by atoms with Crippen molar-refractivity contribution in [1.29, 1.82) is 0 Å². The maximum atomic E-state index is 6.66. The molecule has 0 atom stereocenters. The number of hydrogen-bond donors (Lipinski definition) is 0. The van der Waals surface area contributed by atoms with Gasteiger partial charge in [-0.1, -0.05) is 76.9 Å². The average Bonchev–Trinajstić information content (AvgIpc) is 3.79. The smallest absolute Gasteiger partial charge is 0.172 e. The van der Waals surface area contributed by atoms with Gasteiger partial charge in [-0.3, -0.25) is 0 Å². The van der Waals surface area contributed by atoms with E-state index < -0.39 is 18.9 Å². The van der Waals surface area contributed by atoms with Crippen LogP contribution in [-0.2, 0) is 29.7 Å². The largest absolute Gasteiger partial charge is 0.214 e. The van der Waals surface area contributed by atoms with Crippen LogP contribution in [0.2, 0.25) is 10.0 Å². The SMILES string of the molecule is CC(C)(C)c1ccc2[cH-]c3ccc(C(C)(C)C)cc3c2c1.Clc1cc([C](c2cc(Cl)cc3ccccc23)=[Zr]([Cl])[Cl])c2ccccc2c1.c1cc[cH-]c1. The van der Waals surface area contributed by atoms with E-state index in [1.165, 1.54) is 32.7 Å². The van der Waals surface area contributed by atoms with Gasteiger partial charge < -0.3 is 0 Å². The number of fused-ring (bicyclic) bond motifs is 5. The molecule has 264 valence electrons. The molecule has 0 aliphatic carbocycles. The fraction of sp³-hybridized carbons (Fsp3) is 0.170. The molecule has 0 unspecified atom stereocenters. The summed E-state index contributed by atoms with van der Waals surface area (Å²) in [6.45, 7) is 13.7. The summed E-state index contributed by atoms with van der Waals surface area (Å²) in [6, 6.07) is 50.2. The minimum Gasteiger partial charge on any atom is -0.214 e. The summed E-state index contributed by atoms with van der Waals surface area (Å²) in [5.74, 6) is 0. The van der Waals surface area contributed by atoms with Gasteiger partial charge in [0, 0.05) is 0 Å². The third kappa shape index (κ3) is 8.84. The fourth-order valence-corrected chi connectivity index (χ4v) is 11.4. The Labute approximate surface area is 332 Å². The van der Waals surface area contributed by atoms with Gasteiger partial charge in [-0.2, -0.15) is 18.2 Å². The molecule has 8 rings (SSSR count). The molecule has 0 aliphatic heterocycles. The second-order valence-corrected chi connectivity index (χ2v) is 24.2. The quantitative estimate of drug-likeness (QED) is 0.152. The molecule has 0 fully saturated rings. The molecule has 52 heavy (non-hydrogen) atoms. The minimum absolute atomic E-state index is 0.194. The van der Waals surface area contributed by atoms with Gasteiger partial charge in [0.2, 0.25) is 0 Å². The summed E-state index contributed by atoms with van der Waals surface area (Å²) in [5.41, 5.74) is 5.20. The van der Waals surface area contributed by atoms with Crippen LogP contribution >= 0.6 is 40.2 Å². The second-order valence-electron chi connectivity index (χ2n) is 15.2. The molecule has 0 saturated heterocycles. The van der Waals surface area contributed by atoms with Gasteiger partial charge in [-0.25, -0.2) is 12.1 Å². The summed E-state index contributed by atoms with van der Waals surface area (Å²) in [7, 11) is 13.3. The predicted molar refractivity (Wildman–Crippen MR) is 229 cm³/mol. The molecule has 0 N–H and O–H groups in total. The van der Waals surface area contributed by atoms with Crippen molar-refractivity contribution in [3.63, 3.8) is 0 Å². The Morgan fingerprint density at radius 1 is 0.500 bits per heavy atom. The standard InChI is InChI=1S/C21H12Cl2.C21H25.C5H5.2ClH.Zr/c22-18-10-14-5-1-3-7-20(14)16(12-18)9-17-13-19(23)11-15-6-2-4-8-21(15)17;1-20(2,3)16-9-7-14-11-15-8-10-17(21(4,5)6)13-19(15)18(14)12-16;1-2-4-5-3-1;;;/h1-8,10-13H;7-13H,1-6H3;1-5H;2*1H;/q;2*-1;;;+2/p-2. The van der Waals surface area contributed by atoms with Gasteiger partial charge in [0.25, 0.3) is 0 Å². The van der Waals surface area contributed by atoms with E-state index in [-0.39, 0.29) is 10.8 Å². The average molecular weight is 840 g/mol. The monoisotopic (exact) mass is 836 g/mol. The zero-order valence-electron chi connectivity index (χ0n) is 30.4. The Bertz CT molecular complexity index is 2350. The van der Waals surface area contributed by atoms with Gasteiger partial charge in [0.15, 0.2) is 0 Å². The summed E-state index contributed by atoms with van der Waals surface area (Å²) in [5, 5.41) is 11.1. The molecule has 0 aliphatic rings. The molecule has 0 nitrogen and oxygen atoms in total. The molecule has 8 aromatic rings. The maximum Gasteiger partial charge on any atom is -0.172 e. The first-order valence-electron chi connectivity index (χ1n) is 17.4. The van der Waals surface area contributed by atoms with Gasteiger partial charge in [0.1, 0.15) is 0 Å². The molecular weight excluding hydrogens is 798 g/mol. The summed E-state index contributed by atoms with van der Waals surface area (Å²) in [6.07, 6.45) is 0. The van der Waals surface area contributed by atoms with Crippen LogP contribution in [0.25, 0.3) is 43.1 Å².